The first-order chi connectivity index (χ1) is 6.65. The van der Waals surface area contributed by atoms with E-state index < -0.39 is 0 Å². The van der Waals surface area contributed by atoms with Gasteiger partial charge < -0.3 is 11.1 Å². The molecule has 0 amide bonds. The van der Waals surface area contributed by atoms with Crippen molar-refractivity contribution < 1.29 is 0 Å². The molecule has 0 aliphatic carbocycles. The summed E-state index contributed by atoms with van der Waals surface area (Å²) in [6.07, 6.45) is 1.11. The van der Waals surface area contributed by atoms with Crippen molar-refractivity contribution in [2.24, 2.45) is 0 Å². The van der Waals surface area contributed by atoms with Crippen molar-refractivity contribution >= 4 is 28.9 Å². The summed E-state index contributed by atoms with van der Waals surface area (Å²) < 4.78 is 0. The van der Waals surface area contributed by atoms with E-state index >= 15 is 0 Å². The van der Waals surface area contributed by atoms with Gasteiger partial charge in [0, 0.05) is 6.54 Å². The summed E-state index contributed by atoms with van der Waals surface area (Å²) in [5, 5.41) is 4.31. The highest BCUT2D eigenvalue weighted by Crippen LogP contribution is 2.28. The Bertz CT molecular complexity index is 290. The van der Waals surface area contributed by atoms with Crippen molar-refractivity contribution in [3.05, 3.63) is 27.7 Å². The molecule has 0 saturated heterocycles. The van der Waals surface area contributed by atoms with Crippen LogP contribution in [0.15, 0.2) is 12.1 Å². The predicted octanol–water partition coefficient (Wildman–Crippen LogP) is 3.08. The zero-order valence-corrected chi connectivity index (χ0v) is 9.62. The number of halogens is 2. The molecule has 0 unspecified atom stereocenters. The van der Waals surface area contributed by atoms with Gasteiger partial charge in [-0.1, -0.05) is 30.1 Å². The van der Waals surface area contributed by atoms with Gasteiger partial charge in [0.05, 0.1) is 15.7 Å². The molecule has 0 radical (unpaired) electrons. The second-order valence-electron chi connectivity index (χ2n) is 3.15. The van der Waals surface area contributed by atoms with Crippen LogP contribution >= 0.6 is 23.2 Å². The normalized spacial score (nSPS) is 10.5. The average Bonchev–Trinajstić information content (AvgIpc) is 2.14. The van der Waals surface area contributed by atoms with Gasteiger partial charge in [0.1, 0.15) is 0 Å². The summed E-state index contributed by atoms with van der Waals surface area (Å²) in [6.45, 7) is 3.88. The molecule has 4 heteroatoms. The molecule has 1 aromatic carbocycles. The number of hydrogen-bond donors (Lipinski definition) is 2. The molecular formula is C10H14Cl2N2. The number of nitrogen functional groups attached to an aromatic ring is 1. The molecule has 0 bridgehead atoms. The second kappa shape index (κ2) is 5.44. The first-order valence-corrected chi connectivity index (χ1v) is 5.35. The van der Waals surface area contributed by atoms with Crippen molar-refractivity contribution in [1.82, 2.24) is 5.32 Å². The summed E-state index contributed by atoms with van der Waals surface area (Å²) in [4.78, 5) is 0. The van der Waals surface area contributed by atoms with E-state index in [0.717, 1.165) is 25.1 Å². The van der Waals surface area contributed by atoms with E-state index in [9.17, 15) is 0 Å². The van der Waals surface area contributed by atoms with Crippen LogP contribution in [0.1, 0.15) is 18.9 Å². The van der Waals surface area contributed by atoms with Crippen molar-refractivity contribution in [3.63, 3.8) is 0 Å². The van der Waals surface area contributed by atoms with Gasteiger partial charge in [-0.3, -0.25) is 0 Å². The largest absolute Gasteiger partial charge is 0.396 e. The Morgan fingerprint density at radius 3 is 2.36 bits per heavy atom. The van der Waals surface area contributed by atoms with Crippen molar-refractivity contribution in [2.75, 3.05) is 12.3 Å². The molecule has 1 rings (SSSR count). The number of nitrogens with two attached hydrogens (primary N) is 1. The summed E-state index contributed by atoms with van der Waals surface area (Å²) in [6, 6.07) is 3.68. The van der Waals surface area contributed by atoms with Crippen molar-refractivity contribution in [3.8, 4) is 0 Å². The Hall–Kier alpha value is -0.440. The lowest BCUT2D eigenvalue weighted by Gasteiger charge is -2.07. The third-order valence-corrected chi connectivity index (χ3v) is 2.52. The number of rotatable bonds is 4. The number of hydrogen-bond acceptors (Lipinski definition) is 2. The highest BCUT2D eigenvalue weighted by Gasteiger charge is 2.03. The number of nitrogens with one attached hydrogen (secondary N) is 1. The molecule has 0 aliphatic heterocycles. The Morgan fingerprint density at radius 1 is 1.29 bits per heavy atom. The molecule has 3 N–H and O–H groups in total. The molecule has 0 spiro atoms. The molecule has 0 aromatic heterocycles. The molecule has 0 atom stereocenters. The van der Waals surface area contributed by atoms with Gasteiger partial charge >= 0.3 is 0 Å². The van der Waals surface area contributed by atoms with Crippen LogP contribution in [0, 0.1) is 0 Å². The monoisotopic (exact) mass is 232 g/mol. The van der Waals surface area contributed by atoms with E-state index in [-0.39, 0.29) is 0 Å². The lowest BCUT2D eigenvalue weighted by molar-refractivity contribution is 0.675. The lowest BCUT2D eigenvalue weighted by atomic mass is 10.2. The van der Waals surface area contributed by atoms with E-state index in [1.807, 2.05) is 12.1 Å². The lowest BCUT2D eigenvalue weighted by Crippen LogP contribution is -2.13. The quantitative estimate of drug-likeness (QED) is 0.619. The van der Waals surface area contributed by atoms with Gasteiger partial charge in [-0.05, 0) is 30.7 Å². The van der Waals surface area contributed by atoms with Crippen LogP contribution in [0.2, 0.25) is 10.0 Å². The van der Waals surface area contributed by atoms with Gasteiger partial charge in [-0.25, -0.2) is 0 Å². The molecule has 0 heterocycles. The highest BCUT2D eigenvalue weighted by molar-refractivity contribution is 6.38. The van der Waals surface area contributed by atoms with Crippen LogP contribution < -0.4 is 11.1 Å². The zero-order chi connectivity index (χ0) is 10.6. The fourth-order valence-electron chi connectivity index (χ4n) is 1.15. The van der Waals surface area contributed by atoms with E-state index in [0.29, 0.717) is 15.7 Å². The molecule has 0 fully saturated rings. The first kappa shape index (κ1) is 11.6. The van der Waals surface area contributed by atoms with E-state index in [1.165, 1.54) is 0 Å². The third-order valence-electron chi connectivity index (χ3n) is 1.89. The van der Waals surface area contributed by atoms with Gasteiger partial charge in [0.15, 0.2) is 0 Å². The smallest absolute Gasteiger partial charge is 0.0693 e. The number of benzene rings is 1. The van der Waals surface area contributed by atoms with Crippen molar-refractivity contribution in [1.29, 1.82) is 0 Å². The fraction of sp³-hybridized carbons (Fsp3) is 0.400. The van der Waals surface area contributed by atoms with Gasteiger partial charge in [-0.15, -0.1) is 0 Å². The molecular weight excluding hydrogens is 219 g/mol. The summed E-state index contributed by atoms with van der Waals surface area (Å²) >= 11 is 11.8. The topological polar surface area (TPSA) is 38.0 Å². The standard InChI is InChI=1S/C10H14Cl2N2/c1-2-3-14-6-7-4-8(11)10(13)9(12)5-7/h4-5,14H,2-3,6,13H2,1H3. The van der Waals surface area contributed by atoms with Gasteiger partial charge in [0.2, 0.25) is 0 Å². The minimum absolute atomic E-state index is 0.451. The summed E-state index contributed by atoms with van der Waals surface area (Å²) in [5.41, 5.74) is 7.13. The minimum atomic E-state index is 0.451. The SMILES string of the molecule is CCCNCc1cc(Cl)c(N)c(Cl)c1. The van der Waals surface area contributed by atoms with Crippen molar-refractivity contribution in [2.45, 2.75) is 19.9 Å². The number of anilines is 1. The molecule has 0 saturated carbocycles. The van der Waals surface area contributed by atoms with E-state index in [4.69, 9.17) is 28.9 Å². The van der Waals surface area contributed by atoms with Crippen LogP contribution in [0.5, 0.6) is 0 Å². The molecule has 14 heavy (non-hydrogen) atoms. The summed E-state index contributed by atoms with van der Waals surface area (Å²) in [7, 11) is 0. The Kier molecular flexibility index (Phi) is 4.52. The predicted molar refractivity (Wildman–Crippen MR) is 62.9 cm³/mol. The maximum atomic E-state index is 5.89. The van der Waals surface area contributed by atoms with Crippen LogP contribution in [-0.2, 0) is 6.54 Å². The Labute approximate surface area is 94.4 Å². The maximum absolute atomic E-state index is 5.89. The van der Waals surface area contributed by atoms with Crippen LogP contribution in [0.4, 0.5) is 5.69 Å². The maximum Gasteiger partial charge on any atom is 0.0693 e. The molecule has 1 aromatic rings. The minimum Gasteiger partial charge on any atom is -0.396 e. The molecule has 2 nitrogen and oxygen atoms in total. The van der Waals surface area contributed by atoms with E-state index in [1.54, 1.807) is 0 Å². The first-order valence-electron chi connectivity index (χ1n) is 4.59. The van der Waals surface area contributed by atoms with E-state index in [2.05, 4.69) is 12.2 Å². The van der Waals surface area contributed by atoms with Crippen LogP contribution in [-0.4, -0.2) is 6.54 Å². The highest BCUT2D eigenvalue weighted by atomic mass is 35.5. The van der Waals surface area contributed by atoms with Gasteiger partial charge in [-0.2, -0.15) is 0 Å². The molecule has 0 aliphatic rings. The fourth-order valence-corrected chi connectivity index (χ4v) is 1.68. The summed E-state index contributed by atoms with van der Waals surface area (Å²) in [5.74, 6) is 0. The molecule has 78 valence electrons. The van der Waals surface area contributed by atoms with Crippen LogP contribution in [0.3, 0.4) is 0 Å². The third kappa shape index (κ3) is 3.05. The Morgan fingerprint density at radius 2 is 1.86 bits per heavy atom. The van der Waals surface area contributed by atoms with Gasteiger partial charge in [0.25, 0.3) is 0 Å². The average molecular weight is 233 g/mol. The second-order valence-corrected chi connectivity index (χ2v) is 3.96. The van der Waals surface area contributed by atoms with Crippen LogP contribution in [0.25, 0.3) is 0 Å². The zero-order valence-electron chi connectivity index (χ0n) is 8.11. The Balaban J connectivity index is 2.69.